The lowest BCUT2D eigenvalue weighted by molar-refractivity contribution is 0.431. The first-order valence-corrected chi connectivity index (χ1v) is 8.82. The van der Waals surface area contributed by atoms with Gasteiger partial charge in [0.2, 0.25) is 0 Å². The lowest BCUT2D eigenvalue weighted by atomic mass is 10.0. The van der Waals surface area contributed by atoms with Crippen LogP contribution in [0.4, 0.5) is 0 Å². The van der Waals surface area contributed by atoms with Crippen LogP contribution in [0.25, 0.3) is 0 Å². The van der Waals surface area contributed by atoms with Crippen molar-refractivity contribution in [2.45, 2.75) is 41.3 Å². The highest BCUT2D eigenvalue weighted by Gasteiger charge is 2.28. The summed E-state index contributed by atoms with van der Waals surface area (Å²) in [7, 11) is 0. The van der Waals surface area contributed by atoms with Crippen molar-refractivity contribution >= 4 is 34.9 Å². The molecule has 1 aromatic rings. The molecule has 0 aromatic carbocycles. The molecule has 0 saturated carbocycles. The summed E-state index contributed by atoms with van der Waals surface area (Å²) in [5.41, 5.74) is 1.56. The molecule has 2 aliphatic heterocycles. The highest BCUT2D eigenvalue weighted by atomic mass is 32.2. The molecule has 0 bridgehead atoms. The van der Waals surface area contributed by atoms with E-state index in [2.05, 4.69) is 47.2 Å². The average Bonchev–Trinajstić information content (AvgIpc) is 2.87. The van der Waals surface area contributed by atoms with Crippen molar-refractivity contribution in [2.24, 2.45) is 0 Å². The number of rotatable bonds is 2. The van der Waals surface area contributed by atoms with Gasteiger partial charge >= 0.3 is 0 Å². The molecule has 0 aliphatic carbocycles. The third-order valence-electron chi connectivity index (χ3n) is 3.28. The Labute approximate surface area is 110 Å². The van der Waals surface area contributed by atoms with Gasteiger partial charge in [0.25, 0.3) is 0 Å². The second-order valence-electron chi connectivity index (χ2n) is 4.61. The predicted octanol–water partition coefficient (Wildman–Crippen LogP) is 3.77. The Balaban J connectivity index is 1.75. The third kappa shape index (κ3) is 2.30. The zero-order chi connectivity index (χ0) is 11.0. The van der Waals surface area contributed by atoms with Crippen molar-refractivity contribution in [1.29, 1.82) is 0 Å². The molecule has 1 nitrogen and oxygen atoms in total. The van der Waals surface area contributed by atoms with E-state index < -0.39 is 0 Å². The molecule has 4 heteroatoms. The fourth-order valence-corrected chi connectivity index (χ4v) is 6.19. The first-order chi connectivity index (χ1) is 7.83. The molecule has 0 radical (unpaired) electrons. The topological polar surface area (TPSA) is 12.0 Å². The maximum atomic E-state index is 3.86. The SMILES string of the molecule is C[C@H]1CC(NC2CCSC2)c2ccsc2S1. The fourth-order valence-electron chi connectivity index (χ4n) is 2.46. The Morgan fingerprint density at radius 3 is 3.19 bits per heavy atom. The number of hydrogen-bond donors (Lipinski definition) is 1. The third-order valence-corrected chi connectivity index (χ3v) is 6.78. The highest BCUT2D eigenvalue weighted by molar-refractivity contribution is 8.01. The summed E-state index contributed by atoms with van der Waals surface area (Å²) in [5.74, 6) is 2.64. The van der Waals surface area contributed by atoms with Gasteiger partial charge < -0.3 is 5.32 Å². The summed E-state index contributed by atoms with van der Waals surface area (Å²) in [6.45, 7) is 2.35. The Hall–Kier alpha value is 0.360. The van der Waals surface area contributed by atoms with Gasteiger partial charge in [0.05, 0.1) is 4.21 Å². The van der Waals surface area contributed by atoms with Crippen LogP contribution in [0.2, 0.25) is 0 Å². The van der Waals surface area contributed by atoms with Crippen LogP contribution in [0.3, 0.4) is 0 Å². The molecular weight excluding hydrogens is 254 g/mol. The van der Waals surface area contributed by atoms with Gasteiger partial charge in [-0.2, -0.15) is 11.8 Å². The number of fused-ring (bicyclic) bond motifs is 1. The maximum Gasteiger partial charge on any atom is 0.0649 e. The lowest BCUT2D eigenvalue weighted by Gasteiger charge is -2.29. The van der Waals surface area contributed by atoms with E-state index in [4.69, 9.17) is 0 Å². The second kappa shape index (κ2) is 4.92. The van der Waals surface area contributed by atoms with Gasteiger partial charge in [0.1, 0.15) is 0 Å². The molecule has 3 heterocycles. The van der Waals surface area contributed by atoms with Crippen molar-refractivity contribution in [3.8, 4) is 0 Å². The molecule has 3 rings (SSSR count). The highest BCUT2D eigenvalue weighted by Crippen LogP contribution is 2.44. The van der Waals surface area contributed by atoms with Gasteiger partial charge in [0.15, 0.2) is 0 Å². The van der Waals surface area contributed by atoms with E-state index in [-0.39, 0.29) is 0 Å². The summed E-state index contributed by atoms with van der Waals surface area (Å²) < 4.78 is 1.54. The molecule has 2 unspecified atom stereocenters. The molecule has 1 aromatic heterocycles. The molecule has 88 valence electrons. The quantitative estimate of drug-likeness (QED) is 0.879. The number of hydrogen-bond acceptors (Lipinski definition) is 4. The van der Waals surface area contributed by atoms with E-state index in [1.54, 1.807) is 9.77 Å². The molecule has 1 fully saturated rings. The van der Waals surface area contributed by atoms with E-state index >= 15 is 0 Å². The maximum absolute atomic E-state index is 3.86. The molecule has 2 aliphatic rings. The van der Waals surface area contributed by atoms with Crippen LogP contribution in [0, 0.1) is 0 Å². The van der Waals surface area contributed by atoms with Gasteiger partial charge in [-0.15, -0.1) is 23.1 Å². The van der Waals surface area contributed by atoms with Crippen LogP contribution in [0.5, 0.6) is 0 Å². The Kier molecular flexibility index (Phi) is 3.52. The van der Waals surface area contributed by atoms with Crippen LogP contribution < -0.4 is 5.32 Å². The van der Waals surface area contributed by atoms with Crippen LogP contribution in [-0.2, 0) is 0 Å². The van der Waals surface area contributed by atoms with E-state index in [0.29, 0.717) is 6.04 Å². The number of thioether (sulfide) groups is 2. The summed E-state index contributed by atoms with van der Waals surface area (Å²) >= 11 is 6.05. The van der Waals surface area contributed by atoms with Crippen molar-refractivity contribution in [3.05, 3.63) is 17.0 Å². The van der Waals surface area contributed by atoms with Crippen molar-refractivity contribution in [1.82, 2.24) is 5.32 Å². The predicted molar refractivity (Wildman–Crippen MR) is 75.9 cm³/mol. The van der Waals surface area contributed by atoms with E-state index in [9.17, 15) is 0 Å². The average molecular weight is 271 g/mol. The molecule has 0 amide bonds. The van der Waals surface area contributed by atoms with E-state index in [0.717, 1.165) is 11.3 Å². The zero-order valence-electron chi connectivity index (χ0n) is 9.44. The first-order valence-electron chi connectivity index (χ1n) is 5.91. The van der Waals surface area contributed by atoms with Gasteiger partial charge in [-0.05, 0) is 35.6 Å². The monoisotopic (exact) mass is 271 g/mol. The largest absolute Gasteiger partial charge is 0.306 e. The van der Waals surface area contributed by atoms with Crippen molar-refractivity contribution < 1.29 is 0 Å². The van der Waals surface area contributed by atoms with Gasteiger partial charge in [-0.1, -0.05) is 6.92 Å². The molecule has 16 heavy (non-hydrogen) atoms. The van der Waals surface area contributed by atoms with Gasteiger partial charge in [-0.3, -0.25) is 0 Å². The van der Waals surface area contributed by atoms with Crippen LogP contribution in [0.15, 0.2) is 15.7 Å². The Morgan fingerprint density at radius 1 is 1.44 bits per heavy atom. The summed E-state index contributed by atoms with van der Waals surface area (Å²) in [6.07, 6.45) is 2.64. The van der Waals surface area contributed by atoms with Crippen molar-refractivity contribution in [2.75, 3.05) is 11.5 Å². The minimum atomic E-state index is 0.612. The Morgan fingerprint density at radius 2 is 2.38 bits per heavy atom. The smallest absolute Gasteiger partial charge is 0.0649 e. The minimum Gasteiger partial charge on any atom is -0.306 e. The number of nitrogens with one attached hydrogen (secondary N) is 1. The molecule has 1 saturated heterocycles. The minimum absolute atomic E-state index is 0.612. The summed E-state index contributed by atoms with van der Waals surface area (Å²) in [5, 5.41) is 6.87. The normalized spacial score (nSPS) is 33.9. The van der Waals surface area contributed by atoms with E-state index in [1.165, 1.54) is 24.3 Å². The molecule has 0 spiro atoms. The fraction of sp³-hybridized carbons (Fsp3) is 0.667. The van der Waals surface area contributed by atoms with Gasteiger partial charge in [-0.25, -0.2) is 0 Å². The first kappa shape index (κ1) is 11.5. The molecular formula is C12H17NS3. The number of thiophene rings is 1. The van der Waals surface area contributed by atoms with Crippen molar-refractivity contribution in [3.63, 3.8) is 0 Å². The van der Waals surface area contributed by atoms with Crippen LogP contribution in [0.1, 0.15) is 31.4 Å². The standard InChI is InChI=1S/C12H17NS3/c1-8-6-11(13-9-2-4-14-7-9)10-3-5-15-12(10)16-8/h3,5,8-9,11,13H,2,4,6-7H2,1H3/t8-,9?,11?/m0/s1. The van der Waals surface area contributed by atoms with Gasteiger partial charge in [0, 0.05) is 23.1 Å². The zero-order valence-corrected chi connectivity index (χ0v) is 11.9. The van der Waals surface area contributed by atoms with E-state index in [1.807, 2.05) is 11.3 Å². The second-order valence-corrected chi connectivity index (χ2v) is 8.38. The van der Waals surface area contributed by atoms with Crippen LogP contribution in [-0.4, -0.2) is 22.8 Å². The molecule has 1 N–H and O–H groups in total. The summed E-state index contributed by atoms with van der Waals surface area (Å²) in [6, 6.07) is 3.68. The Bertz CT molecular complexity index is 357. The lowest BCUT2D eigenvalue weighted by Crippen LogP contribution is -2.35. The van der Waals surface area contributed by atoms with Crippen LogP contribution >= 0.6 is 34.9 Å². The summed E-state index contributed by atoms with van der Waals surface area (Å²) in [4.78, 5) is 0. The molecule has 3 atom stereocenters.